The second-order valence-electron chi connectivity index (χ2n) is 6.49. The summed E-state index contributed by atoms with van der Waals surface area (Å²) in [5, 5.41) is 0.713. The van der Waals surface area contributed by atoms with Crippen molar-refractivity contribution in [1.82, 2.24) is 24.5 Å². The molecule has 0 aliphatic heterocycles. The van der Waals surface area contributed by atoms with Crippen LogP contribution in [0.25, 0.3) is 22.6 Å². The maximum atomic E-state index is 11.9. The van der Waals surface area contributed by atoms with Crippen LogP contribution in [0.15, 0.2) is 38.9 Å². The summed E-state index contributed by atoms with van der Waals surface area (Å²) in [6.45, 7) is 6.02. The Bertz CT molecular complexity index is 1200. The highest BCUT2D eigenvalue weighted by atomic mass is 32.2. The minimum absolute atomic E-state index is 0.239. The summed E-state index contributed by atoms with van der Waals surface area (Å²) in [6, 6.07) is 6.23. The number of aromatic nitrogens is 5. The molecule has 0 fully saturated rings. The van der Waals surface area contributed by atoms with Crippen molar-refractivity contribution >= 4 is 22.9 Å². The minimum Gasteiger partial charge on any atom is -0.441 e. The average Bonchev–Trinajstić information content (AvgIpc) is 3.17. The number of H-pyrrole nitrogens is 1. The summed E-state index contributed by atoms with van der Waals surface area (Å²) < 4.78 is 7.73. The van der Waals surface area contributed by atoms with Crippen LogP contribution in [0.5, 0.6) is 0 Å². The number of benzene rings is 1. The molecule has 138 valence electrons. The number of imidazole rings is 1. The molecule has 0 radical (unpaired) electrons. The molecule has 0 bridgehead atoms. The van der Waals surface area contributed by atoms with Gasteiger partial charge in [0.2, 0.25) is 5.89 Å². The number of aromatic amines is 1. The van der Waals surface area contributed by atoms with Crippen molar-refractivity contribution in [3.63, 3.8) is 0 Å². The van der Waals surface area contributed by atoms with Crippen molar-refractivity contribution in [2.45, 2.75) is 31.7 Å². The molecular formula is C19H19N5O2S. The summed E-state index contributed by atoms with van der Waals surface area (Å²) in [7, 11) is 1.85. The number of thioether (sulfide) groups is 1. The first-order valence-corrected chi connectivity index (χ1v) is 9.49. The number of oxazole rings is 1. The molecule has 1 aromatic carbocycles. The van der Waals surface area contributed by atoms with Crippen LogP contribution in [0.3, 0.4) is 0 Å². The first-order valence-electron chi connectivity index (χ1n) is 8.51. The molecule has 27 heavy (non-hydrogen) atoms. The largest absolute Gasteiger partial charge is 0.441 e. The van der Waals surface area contributed by atoms with Crippen LogP contribution in [-0.2, 0) is 12.8 Å². The lowest BCUT2D eigenvalue weighted by Crippen LogP contribution is -2.06. The lowest BCUT2D eigenvalue weighted by Gasteiger charge is -2.02. The molecule has 0 saturated heterocycles. The molecule has 0 spiro atoms. The van der Waals surface area contributed by atoms with E-state index in [-0.39, 0.29) is 5.56 Å². The van der Waals surface area contributed by atoms with Crippen LogP contribution in [0.1, 0.15) is 22.6 Å². The summed E-state index contributed by atoms with van der Waals surface area (Å²) in [6.07, 6.45) is 1.39. The van der Waals surface area contributed by atoms with Gasteiger partial charge in [-0.15, -0.1) is 0 Å². The van der Waals surface area contributed by atoms with Gasteiger partial charge in [-0.1, -0.05) is 29.5 Å². The van der Waals surface area contributed by atoms with Crippen LogP contribution in [-0.4, -0.2) is 24.5 Å². The maximum Gasteiger partial charge on any atom is 0.278 e. The third-order valence-electron chi connectivity index (χ3n) is 4.48. The Balaban J connectivity index is 1.62. The highest BCUT2D eigenvalue weighted by Gasteiger charge is 2.16. The van der Waals surface area contributed by atoms with Gasteiger partial charge in [0.15, 0.2) is 16.3 Å². The Hall–Kier alpha value is -2.87. The van der Waals surface area contributed by atoms with Crippen molar-refractivity contribution in [3.8, 4) is 11.5 Å². The number of hydrogen-bond donors (Lipinski definition) is 1. The second-order valence-corrected chi connectivity index (χ2v) is 7.43. The molecule has 4 rings (SSSR count). The number of rotatable bonds is 4. The van der Waals surface area contributed by atoms with Crippen molar-refractivity contribution < 1.29 is 4.42 Å². The van der Waals surface area contributed by atoms with E-state index >= 15 is 0 Å². The van der Waals surface area contributed by atoms with Gasteiger partial charge in [0.1, 0.15) is 5.76 Å². The van der Waals surface area contributed by atoms with E-state index in [4.69, 9.17) is 9.40 Å². The van der Waals surface area contributed by atoms with Gasteiger partial charge in [-0.25, -0.2) is 15.0 Å². The molecule has 0 aliphatic carbocycles. The van der Waals surface area contributed by atoms with Gasteiger partial charge in [-0.05, 0) is 32.4 Å². The monoisotopic (exact) mass is 381 g/mol. The average molecular weight is 381 g/mol. The lowest BCUT2D eigenvalue weighted by molar-refractivity contribution is 0.540. The standard InChI is InChI=1S/C19H19N5O2S/c1-10-5-6-11(2)13(7-10)18-22-14(12(3)26-18)8-27-19-23-15-16(24(19)4)20-9-21-17(15)25/h5-7,9H,8H2,1-4H3,(H,20,21,25). The molecule has 0 aliphatic rings. The van der Waals surface area contributed by atoms with Crippen LogP contribution in [0, 0.1) is 20.8 Å². The Labute approximate surface area is 159 Å². The number of fused-ring (bicyclic) bond motifs is 1. The zero-order chi connectivity index (χ0) is 19.1. The smallest absolute Gasteiger partial charge is 0.278 e. The lowest BCUT2D eigenvalue weighted by atomic mass is 10.1. The molecule has 0 unspecified atom stereocenters. The van der Waals surface area contributed by atoms with Gasteiger partial charge in [0.25, 0.3) is 5.56 Å². The van der Waals surface area contributed by atoms with E-state index in [1.165, 1.54) is 23.7 Å². The number of nitrogens with zero attached hydrogens (tertiary/aromatic N) is 4. The summed E-state index contributed by atoms with van der Waals surface area (Å²) in [5.74, 6) is 2.01. The van der Waals surface area contributed by atoms with Crippen LogP contribution >= 0.6 is 11.8 Å². The topological polar surface area (TPSA) is 89.6 Å². The van der Waals surface area contributed by atoms with Gasteiger partial charge in [-0.2, -0.15) is 0 Å². The van der Waals surface area contributed by atoms with E-state index < -0.39 is 0 Å². The third kappa shape index (κ3) is 3.16. The SMILES string of the molecule is Cc1ccc(C)c(-c2nc(CSc3nc4c(=O)[nH]cnc4n3C)c(C)o2)c1. The predicted octanol–water partition coefficient (Wildman–Crippen LogP) is 3.53. The molecule has 7 nitrogen and oxygen atoms in total. The Morgan fingerprint density at radius 1 is 1.22 bits per heavy atom. The fourth-order valence-corrected chi connectivity index (χ4v) is 3.87. The summed E-state index contributed by atoms with van der Waals surface area (Å²) in [4.78, 5) is 27.7. The van der Waals surface area contributed by atoms with Crippen LogP contribution < -0.4 is 5.56 Å². The zero-order valence-corrected chi connectivity index (χ0v) is 16.3. The van der Waals surface area contributed by atoms with Crippen molar-refractivity contribution in [2.24, 2.45) is 7.05 Å². The van der Waals surface area contributed by atoms with Gasteiger partial charge in [0, 0.05) is 18.4 Å². The van der Waals surface area contributed by atoms with Crippen molar-refractivity contribution in [3.05, 3.63) is 57.5 Å². The van der Waals surface area contributed by atoms with Crippen LogP contribution in [0.4, 0.5) is 0 Å². The van der Waals surface area contributed by atoms with Crippen molar-refractivity contribution in [1.29, 1.82) is 0 Å². The molecule has 3 aromatic heterocycles. The number of hydrogen-bond acceptors (Lipinski definition) is 6. The summed E-state index contributed by atoms with van der Waals surface area (Å²) >= 11 is 1.50. The first-order chi connectivity index (χ1) is 12.9. The fraction of sp³-hybridized carbons (Fsp3) is 0.263. The molecule has 4 aromatic rings. The Morgan fingerprint density at radius 2 is 2.04 bits per heavy atom. The van der Waals surface area contributed by atoms with E-state index in [1.54, 1.807) is 0 Å². The molecule has 0 atom stereocenters. The van der Waals surface area contributed by atoms with E-state index in [2.05, 4.69) is 40.1 Å². The van der Waals surface area contributed by atoms with E-state index in [0.717, 1.165) is 22.6 Å². The fourth-order valence-electron chi connectivity index (χ4n) is 2.90. The van der Waals surface area contributed by atoms with Crippen molar-refractivity contribution in [2.75, 3.05) is 0 Å². The quantitative estimate of drug-likeness (QED) is 0.544. The van der Waals surface area contributed by atoms with Gasteiger partial charge >= 0.3 is 0 Å². The normalized spacial score (nSPS) is 11.4. The molecular weight excluding hydrogens is 362 g/mol. The van der Waals surface area contributed by atoms with E-state index in [0.29, 0.717) is 28.0 Å². The number of nitrogens with one attached hydrogen (secondary N) is 1. The highest BCUT2D eigenvalue weighted by Crippen LogP contribution is 2.29. The van der Waals surface area contributed by atoms with Crippen LogP contribution in [0.2, 0.25) is 0 Å². The Morgan fingerprint density at radius 3 is 2.81 bits per heavy atom. The summed E-state index contributed by atoms with van der Waals surface area (Å²) in [5.41, 5.74) is 4.83. The molecule has 3 heterocycles. The predicted molar refractivity (Wildman–Crippen MR) is 105 cm³/mol. The molecule has 0 saturated carbocycles. The maximum absolute atomic E-state index is 11.9. The van der Waals surface area contributed by atoms with E-state index in [9.17, 15) is 4.79 Å². The zero-order valence-electron chi connectivity index (χ0n) is 15.5. The van der Waals surface area contributed by atoms with E-state index in [1.807, 2.05) is 25.5 Å². The van der Waals surface area contributed by atoms with Gasteiger partial charge in [-0.3, -0.25) is 4.79 Å². The minimum atomic E-state index is -0.239. The Kier molecular flexibility index (Phi) is 4.35. The molecule has 1 N–H and O–H groups in total. The second kappa shape index (κ2) is 6.70. The highest BCUT2D eigenvalue weighted by molar-refractivity contribution is 7.98. The van der Waals surface area contributed by atoms with Gasteiger partial charge < -0.3 is 14.0 Å². The third-order valence-corrected chi connectivity index (χ3v) is 5.52. The molecule has 0 amide bonds. The number of aryl methyl sites for hydroxylation is 4. The molecule has 8 heteroatoms. The first kappa shape index (κ1) is 17.5. The van der Waals surface area contributed by atoms with Gasteiger partial charge in [0.05, 0.1) is 12.0 Å².